The molecule has 0 aromatic heterocycles. The lowest BCUT2D eigenvalue weighted by atomic mass is 10.5. The smallest absolute Gasteiger partial charge is 0.397 e. The van der Waals surface area contributed by atoms with E-state index in [9.17, 15) is 26.2 Å². The second-order valence-corrected chi connectivity index (χ2v) is 6.89. The van der Waals surface area contributed by atoms with E-state index in [4.69, 9.17) is 9.29 Å². The van der Waals surface area contributed by atoms with Gasteiger partial charge in [-0.25, -0.2) is 13.2 Å². The van der Waals surface area contributed by atoms with Gasteiger partial charge in [-0.3, -0.25) is 12.9 Å². The molecule has 0 aromatic rings. The van der Waals surface area contributed by atoms with Crippen molar-refractivity contribution in [3.05, 3.63) is 12.7 Å². The Morgan fingerprint density at radius 1 is 1.17 bits per heavy atom. The molecule has 0 spiro atoms. The molecule has 4 N–H and O–H groups in total. The van der Waals surface area contributed by atoms with E-state index in [0.717, 1.165) is 25.2 Å². The van der Waals surface area contributed by atoms with Crippen LogP contribution >= 0.6 is 0 Å². The van der Waals surface area contributed by atoms with Crippen LogP contribution < -0.4 is 6.15 Å². The average Bonchev–Trinajstić information content (AvgIpc) is 2.37. The standard InChI is InChI=1S/C8H16NO2.2CH4O4S.H3N/c1-5-8(10)11-7-6-9(2,3)4;2*1-5-6(2,3)4;/h5H,1,6-7H2,2-4H3;2*1H3,(H,2,3,4);1H3/q+1;;;/p-1. The molecule has 0 atom stereocenters. The van der Waals surface area contributed by atoms with Gasteiger partial charge in [-0.05, 0) is 0 Å². The third-order valence-electron chi connectivity index (χ3n) is 1.59. The van der Waals surface area contributed by atoms with Crippen molar-refractivity contribution in [3.8, 4) is 0 Å². The van der Waals surface area contributed by atoms with Crippen LogP contribution in [0.3, 0.4) is 0 Å². The third kappa shape index (κ3) is 42.8. The molecule has 0 amide bonds. The molecule has 0 rings (SSSR count). The van der Waals surface area contributed by atoms with Crippen molar-refractivity contribution in [1.82, 2.24) is 6.15 Å². The number of rotatable bonds is 6. The number of quaternary nitrogens is 1. The first-order valence-corrected chi connectivity index (χ1v) is 8.42. The minimum absolute atomic E-state index is 0. The van der Waals surface area contributed by atoms with Crippen molar-refractivity contribution < 1.29 is 48.3 Å². The van der Waals surface area contributed by atoms with Crippen molar-refractivity contribution in [1.29, 1.82) is 0 Å². The molecule has 0 aliphatic carbocycles. The molecule has 0 saturated heterocycles. The molecular weight excluding hydrogens is 372 g/mol. The van der Waals surface area contributed by atoms with Gasteiger partial charge in [0.25, 0.3) is 0 Å². The molecule has 24 heavy (non-hydrogen) atoms. The average molecular weight is 398 g/mol. The first kappa shape index (κ1) is 30.7. The predicted molar refractivity (Wildman–Crippen MR) is 84.3 cm³/mol. The molecular formula is C10H26N2O10S2. The lowest BCUT2D eigenvalue weighted by molar-refractivity contribution is -0.870. The highest BCUT2D eigenvalue weighted by atomic mass is 32.3. The molecule has 0 fully saturated rings. The van der Waals surface area contributed by atoms with Gasteiger partial charge < -0.3 is 19.9 Å². The van der Waals surface area contributed by atoms with Gasteiger partial charge in [-0.2, -0.15) is 8.42 Å². The zero-order valence-electron chi connectivity index (χ0n) is 14.3. The molecule has 12 nitrogen and oxygen atoms in total. The number of esters is 1. The molecule has 0 aliphatic rings. The molecule has 0 aliphatic heterocycles. The zero-order chi connectivity index (χ0) is 19.3. The van der Waals surface area contributed by atoms with Crippen LogP contribution in [-0.2, 0) is 38.7 Å². The van der Waals surface area contributed by atoms with Gasteiger partial charge in [0.05, 0.1) is 35.4 Å². The summed E-state index contributed by atoms with van der Waals surface area (Å²) in [6, 6.07) is 0. The van der Waals surface area contributed by atoms with Gasteiger partial charge in [0.2, 0.25) is 10.4 Å². The fourth-order valence-corrected chi connectivity index (χ4v) is 0.479. The largest absolute Gasteiger partial charge is 0.726 e. The van der Waals surface area contributed by atoms with Gasteiger partial charge in [-0.15, -0.1) is 0 Å². The maximum atomic E-state index is 10.6. The summed E-state index contributed by atoms with van der Waals surface area (Å²) in [5, 5.41) is 0. The number of nitrogens with zero attached hydrogens (tertiary/aromatic N) is 1. The van der Waals surface area contributed by atoms with Crippen LogP contribution in [0.4, 0.5) is 0 Å². The lowest BCUT2D eigenvalue weighted by Gasteiger charge is -2.23. The van der Waals surface area contributed by atoms with E-state index >= 15 is 0 Å². The summed E-state index contributed by atoms with van der Waals surface area (Å²) < 4.78 is 66.3. The van der Waals surface area contributed by atoms with Crippen molar-refractivity contribution >= 4 is 26.8 Å². The molecule has 14 heteroatoms. The summed E-state index contributed by atoms with van der Waals surface area (Å²) >= 11 is 0. The molecule has 0 bridgehead atoms. The number of carbonyl (C=O) groups excluding carboxylic acids is 1. The highest BCUT2D eigenvalue weighted by molar-refractivity contribution is 7.81. The van der Waals surface area contributed by atoms with E-state index in [1.807, 2.05) is 21.1 Å². The Morgan fingerprint density at radius 3 is 1.67 bits per heavy atom. The molecule has 0 heterocycles. The molecule has 0 saturated carbocycles. The SMILES string of the molecule is C=CC(=O)OCC[N+](C)(C)C.COS(=O)(=O)O.COS(=O)(=O)[O-].N. The fourth-order valence-electron chi connectivity index (χ4n) is 0.479. The monoisotopic (exact) mass is 398 g/mol. The Hall–Kier alpha value is -1.13. The normalized spacial score (nSPS) is 10.8. The topological polar surface area (TPSA) is 191 Å². The van der Waals surface area contributed by atoms with Gasteiger partial charge in [-0.1, -0.05) is 6.58 Å². The zero-order valence-corrected chi connectivity index (χ0v) is 15.9. The summed E-state index contributed by atoms with van der Waals surface area (Å²) in [5.41, 5.74) is 0. The van der Waals surface area contributed by atoms with Crippen molar-refractivity contribution in [2.45, 2.75) is 0 Å². The molecule has 0 aromatic carbocycles. The lowest BCUT2D eigenvalue weighted by Crippen LogP contribution is -2.37. The van der Waals surface area contributed by atoms with E-state index in [1.165, 1.54) is 6.08 Å². The first-order valence-electron chi connectivity index (χ1n) is 5.72. The minimum atomic E-state index is -4.41. The van der Waals surface area contributed by atoms with Crippen LogP contribution in [0.5, 0.6) is 0 Å². The van der Waals surface area contributed by atoms with Gasteiger partial charge in [0.15, 0.2) is 0 Å². The maximum absolute atomic E-state index is 10.6. The van der Waals surface area contributed by atoms with Gasteiger partial charge in [0.1, 0.15) is 13.2 Å². The van der Waals surface area contributed by atoms with Gasteiger partial charge in [0, 0.05) is 6.08 Å². The Kier molecular flexibility index (Phi) is 18.2. The predicted octanol–water partition coefficient (Wildman–Crippen LogP) is -0.888. The molecule has 0 unspecified atom stereocenters. The summed E-state index contributed by atoms with van der Waals surface area (Å²) in [7, 11) is -0.766. The molecule has 0 radical (unpaired) electrons. The highest BCUT2D eigenvalue weighted by Crippen LogP contribution is 1.89. The number of hydrogen-bond acceptors (Lipinski definition) is 10. The first-order chi connectivity index (χ1) is 10.1. The Labute approximate surface area is 143 Å². The summed E-state index contributed by atoms with van der Waals surface area (Å²) in [6.45, 7) is 4.57. The van der Waals surface area contributed by atoms with Crippen LogP contribution in [0.25, 0.3) is 0 Å². The van der Waals surface area contributed by atoms with Crippen molar-refractivity contribution in [2.24, 2.45) is 0 Å². The van der Waals surface area contributed by atoms with Gasteiger partial charge >= 0.3 is 16.4 Å². The quantitative estimate of drug-likeness (QED) is 0.185. The van der Waals surface area contributed by atoms with Crippen LogP contribution in [0, 0.1) is 0 Å². The van der Waals surface area contributed by atoms with Crippen LogP contribution in [0.1, 0.15) is 0 Å². The summed E-state index contributed by atoms with van der Waals surface area (Å²) in [4.78, 5) is 10.6. The maximum Gasteiger partial charge on any atom is 0.397 e. The van der Waals surface area contributed by atoms with Crippen molar-refractivity contribution in [3.63, 3.8) is 0 Å². The van der Waals surface area contributed by atoms with Crippen LogP contribution in [0.15, 0.2) is 12.7 Å². The molecule has 148 valence electrons. The number of ether oxygens (including phenoxy) is 1. The second-order valence-electron chi connectivity index (χ2n) is 4.55. The highest BCUT2D eigenvalue weighted by Gasteiger charge is 2.06. The number of likely N-dealkylation sites (N-methyl/N-ethyl adjacent to an activating group) is 1. The third-order valence-corrected chi connectivity index (χ3v) is 2.42. The summed E-state index contributed by atoms with van der Waals surface area (Å²) in [6.07, 6.45) is 1.18. The van der Waals surface area contributed by atoms with E-state index in [1.54, 1.807) is 0 Å². The van der Waals surface area contributed by atoms with E-state index in [-0.39, 0.29) is 12.1 Å². The Balaban J connectivity index is -0.000000132. The minimum Gasteiger partial charge on any atom is -0.726 e. The summed E-state index contributed by atoms with van der Waals surface area (Å²) in [5.74, 6) is -0.349. The number of carbonyl (C=O) groups is 1. The van der Waals surface area contributed by atoms with E-state index in [2.05, 4.69) is 14.9 Å². The van der Waals surface area contributed by atoms with E-state index < -0.39 is 20.8 Å². The van der Waals surface area contributed by atoms with Crippen molar-refractivity contribution in [2.75, 3.05) is 48.5 Å². The number of hydrogen-bond donors (Lipinski definition) is 2. The Morgan fingerprint density at radius 2 is 1.50 bits per heavy atom. The van der Waals surface area contributed by atoms with Crippen LogP contribution in [0.2, 0.25) is 0 Å². The van der Waals surface area contributed by atoms with Crippen LogP contribution in [-0.4, -0.2) is 84.9 Å². The Bertz CT molecular complexity index is 504. The van der Waals surface area contributed by atoms with E-state index in [0.29, 0.717) is 6.61 Å². The fraction of sp³-hybridized carbons (Fsp3) is 0.700. The second kappa shape index (κ2) is 14.2.